The van der Waals surface area contributed by atoms with Crippen LogP contribution in [0.15, 0.2) is 77.3 Å². The number of halogens is 1. The Bertz CT molecular complexity index is 1010. The first kappa shape index (κ1) is 18.3. The molecule has 4 rings (SSSR count). The highest BCUT2D eigenvalue weighted by atomic mass is 79.9. The highest BCUT2D eigenvalue weighted by Crippen LogP contribution is 2.44. The molecule has 1 aliphatic rings. The van der Waals surface area contributed by atoms with Gasteiger partial charge in [0.25, 0.3) is 0 Å². The second-order valence-corrected chi connectivity index (χ2v) is 7.54. The third kappa shape index (κ3) is 3.54. The standard InChI is InChI=1S/C24H18BrNO2/c1-2-23(16-11-13-17(25)14-12-16)26-24(27)28-15-22-20-9-5-3-7-18(20)19-8-4-6-10-21(19)22/h1,3-14,22-23H,15H2,(H,26,27). The van der Waals surface area contributed by atoms with Crippen LogP contribution < -0.4 is 5.32 Å². The van der Waals surface area contributed by atoms with Crippen LogP contribution in [0.2, 0.25) is 0 Å². The molecule has 1 aliphatic carbocycles. The van der Waals surface area contributed by atoms with E-state index in [9.17, 15) is 4.79 Å². The smallest absolute Gasteiger partial charge is 0.408 e. The van der Waals surface area contributed by atoms with Gasteiger partial charge in [0.05, 0.1) is 0 Å². The second-order valence-electron chi connectivity index (χ2n) is 6.62. The lowest BCUT2D eigenvalue weighted by atomic mass is 9.98. The number of fused-ring (bicyclic) bond motifs is 3. The quantitative estimate of drug-likeness (QED) is 0.541. The highest BCUT2D eigenvalue weighted by molar-refractivity contribution is 9.10. The van der Waals surface area contributed by atoms with Gasteiger partial charge in [-0.2, -0.15) is 0 Å². The molecule has 0 aromatic heterocycles. The zero-order valence-electron chi connectivity index (χ0n) is 15.1. The van der Waals surface area contributed by atoms with Gasteiger partial charge in [-0.25, -0.2) is 4.79 Å². The Balaban J connectivity index is 1.46. The largest absolute Gasteiger partial charge is 0.449 e. The molecule has 0 heterocycles. The minimum atomic E-state index is -0.538. The molecule has 0 spiro atoms. The molecule has 1 atom stereocenters. The topological polar surface area (TPSA) is 38.3 Å². The summed E-state index contributed by atoms with van der Waals surface area (Å²) in [7, 11) is 0. The Morgan fingerprint density at radius 1 is 1.00 bits per heavy atom. The molecule has 28 heavy (non-hydrogen) atoms. The summed E-state index contributed by atoms with van der Waals surface area (Å²) in [5.74, 6) is 2.62. The van der Waals surface area contributed by atoms with Crippen LogP contribution in [0, 0.1) is 12.3 Å². The Labute approximate surface area is 172 Å². The van der Waals surface area contributed by atoms with Crippen molar-refractivity contribution in [2.75, 3.05) is 6.61 Å². The summed E-state index contributed by atoms with van der Waals surface area (Å²) in [6.07, 6.45) is 5.08. The van der Waals surface area contributed by atoms with Crippen LogP contribution in [-0.4, -0.2) is 12.7 Å². The van der Waals surface area contributed by atoms with Crippen molar-refractivity contribution in [2.45, 2.75) is 12.0 Å². The van der Waals surface area contributed by atoms with Crippen LogP contribution in [0.4, 0.5) is 4.79 Å². The Morgan fingerprint density at radius 2 is 1.57 bits per heavy atom. The van der Waals surface area contributed by atoms with E-state index >= 15 is 0 Å². The summed E-state index contributed by atoms with van der Waals surface area (Å²) >= 11 is 3.39. The van der Waals surface area contributed by atoms with Gasteiger partial charge >= 0.3 is 6.09 Å². The van der Waals surface area contributed by atoms with E-state index in [0.29, 0.717) is 0 Å². The molecular weight excluding hydrogens is 414 g/mol. The molecule has 0 saturated carbocycles. The summed E-state index contributed by atoms with van der Waals surface area (Å²) in [6.45, 7) is 0.261. The number of amides is 1. The van der Waals surface area contributed by atoms with Gasteiger partial charge < -0.3 is 10.1 Å². The predicted molar refractivity (Wildman–Crippen MR) is 114 cm³/mol. The fourth-order valence-corrected chi connectivity index (χ4v) is 3.90. The number of carbonyl (C=O) groups is 1. The SMILES string of the molecule is C#CC(NC(=O)OCC1c2ccccc2-c2ccccc21)c1ccc(Br)cc1. The van der Waals surface area contributed by atoms with Gasteiger partial charge in [-0.1, -0.05) is 82.5 Å². The van der Waals surface area contributed by atoms with Gasteiger partial charge in [0.15, 0.2) is 0 Å². The van der Waals surface area contributed by atoms with Crippen molar-refractivity contribution in [3.05, 3.63) is 94.0 Å². The second kappa shape index (κ2) is 7.92. The van der Waals surface area contributed by atoms with E-state index in [1.165, 1.54) is 22.3 Å². The zero-order chi connectivity index (χ0) is 19.5. The Kier molecular flexibility index (Phi) is 5.18. The van der Waals surface area contributed by atoms with Crippen molar-refractivity contribution in [3.8, 4) is 23.5 Å². The molecule has 3 aromatic rings. The van der Waals surface area contributed by atoms with E-state index in [1.807, 2.05) is 48.5 Å². The average Bonchev–Trinajstić information content (AvgIpc) is 3.05. The number of alkyl carbamates (subject to hydrolysis) is 1. The fourth-order valence-electron chi connectivity index (χ4n) is 3.63. The van der Waals surface area contributed by atoms with Crippen LogP contribution >= 0.6 is 15.9 Å². The minimum absolute atomic E-state index is 0.0233. The van der Waals surface area contributed by atoms with Gasteiger partial charge in [-0.15, -0.1) is 6.42 Å². The maximum Gasteiger partial charge on any atom is 0.408 e. The van der Waals surface area contributed by atoms with Crippen molar-refractivity contribution in [1.29, 1.82) is 0 Å². The molecule has 3 aromatic carbocycles. The molecule has 138 valence electrons. The van der Waals surface area contributed by atoms with E-state index in [4.69, 9.17) is 11.2 Å². The number of rotatable bonds is 4. The Hall–Kier alpha value is -3.03. The maximum absolute atomic E-state index is 12.4. The first-order chi connectivity index (χ1) is 13.7. The molecule has 0 fully saturated rings. The highest BCUT2D eigenvalue weighted by Gasteiger charge is 2.29. The lowest BCUT2D eigenvalue weighted by Gasteiger charge is -2.17. The van der Waals surface area contributed by atoms with Gasteiger partial charge in [-0.3, -0.25) is 0 Å². The summed E-state index contributed by atoms with van der Waals surface area (Å²) in [5.41, 5.74) is 5.59. The third-order valence-corrected chi connectivity index (χ3v) is 5.50. The van der Waals surface area contributed by atoms with E-state index in [0.717, 1.165) is 10.0 Å². The van der Waals surface area contributed by atoms with Crippen LogP contribution in [0.5, 0.6) is 0 Å². The molecule has 0 bridgehead atoms. The molecule has 1 amide bonds. The Morgan fingerprint density at radius 3 is 2.14 bits per heavy atom. The minimum Gasteiger partial charge on any atom is -0.449 e. The monoisotopic (exact) mass is 431 g/mol. The van der Waals surface area contributed by atoms with Crippen molar-refractivity contribution in [3.63, 3.8) is 0 Å². The van der Waals surface area contributed by atoms with Gasteiger partial charge in [0.1, 0.15) is 12.6 Å². The van der Waals surface area contributed by atoms with Crippen LogP contribution in [0.3, 0.4) is 0 Å². The van der Waals surface area contributed by atoms with Gasteiger partial charge in [0.2, 0.25) is 0 Å². The summed E-state index contributed by atoms with van der Waals surface area (Å²) in [6, 6.07) is 23.5. The van der Waals surface area contributed by atoms with E-state index in [-0.39, 0.29) is 12.5 Å². The third-order valence-electron chi connectivity index (χ3n) is 4.98. The molecule has 4 heteroatoms. The van der Waals surface area contributed by atoms with Gasteiger partial charge in [0, 0.05) is 10.4 Å². The maximum atomic E-state index is 12.4. The van der Waals surface area contributed by atoms with Crippen molar-refractivity contribution in [1.82, 2.24) is 5.32 Å². The molecule has 0 saturated heterocycles. The summed E-state index contributed by atoms with van der Waals surface area (Å²) < 4.78 is 6.51. The first-order valence-electron chi connectivity index (χ1n) is 9.00. The van der Waals surface area contributed by atoms with Crippen molar-refractivity contribution < 1.29 is 9.53 Å². The molecule has 0 radical (unpaired) electrons. The van der Waals surface area contributed by atoms with Crippen LogP contribution in [0.1, 0.15) is 28.7 Å². The van der Waals surface area contributed by atoms with Crippen molar-refractivity contribution in [2.24, 2.45) is 0 Å². The average molecular weight is 432 g/mol. The first-order valence-corrected chi connectivity index (χ1v) is 9.80. The van der Waals surface area contributed by atoms with E-state index < -0.39 is 12.1 Å². The summed E-state index contributed by atoms with van der Waals surface area (Å²) in [5, 5.41) is 2.76. The van der Waals surface area contributed by atoms with E-state index in [1.54, 1.807) is 0 Å². The number of terminal acetylenes is 1. The number of carbonyl (C=O) groups excluding carboxylic acids is 1. The lowest BCUT2D eigenvalue weighted by molar-refractivity contribution is 0.141. The lowest BCUT2D eigenvalue weighted by Crippen LogP contribution is -2.29. The number of nitrogens with one attached hydrogen (secondary N) is 1. The molecule has 3 nitrogen and oxygen atoms in total. The molecule has 0 aliphatic heterocycles. The number of hydrogen-bond acceptors (Lipinski definition) is 2. The van der Waals surface area contributed by atoms with Crippen LogP contribution in [0.25, 0.3) is 11.1 Å². The molecular formula is C24H18BrNO2. The predicted octanol–water partition coefficient (Wildman–Crippen LogP) is 5.66. The molecule has 1 N–H and O–H groups in total. The summed E-state index contributed by atoms with van der Waals surface area (Å²) in [4.78, 5) is 12.4. The van der Waals surface area contributed by atoms with Crippen LogP contribution in [-0.2, 0) is 4.74 Å². The number of hydrogen-bond donors (Lipinski definition) is 1. The van der Waals surface area contributed by atoms with E-state index in [2.05, 4.69) is 51.4 Å². The normalized spacial score (nSPS) is 13.1. The van der Waals surface area contributed by atoms with Crippen molar-refractivity contribution >= 4 is 22.0 Å². The fraction of sp³-hybridized carbons (Fsp3) is 0.125. The molecule has 1 unspecified atom stereocenters. The van der Waals surface area contributed by atoms with Gasteiger partial charge in [-0.05, 0) is 39.9 Å². The number of benzene rings is 3. The zero-order valence-corrected chi connectivity index (χ0v) is 16.6. The number of ether oxygens (including phenoxy) is 1.